The van der Waals surface area contributed by atoms with Crippen molar-refractivity contribution in [2.24, 2.45) is 0 Å². The van der Waals surface area contributed by atoms with E-state index >= 15 is 0 Å². The molecule has 1 amide bonds. The molecule has 1 aromatic carbocycles. The number of benzene rings is 1. The smallest absolute Gasteiger partial charge is 0.416 e. The Labute approximate surface area is 153 Å². The summed E-state index contributed by atoms with van der Waals surface area (Å²) in [6, 6.07) is 8.17. The second kappa shape index (κ2) is 8.59. The van der Waals surface area contributed by atoms with E-state index < -0.39 is 17.6 Å². The summed E-state index contributed by atoms with van der Waals surface area (Å²) in [4.78, 5) is 13.7. The molecule has 0 aliphatic heterocycles. The van der Waals surface area contributed by atoms with Crippen LogP contribution in [0.4, 0.5) is 13.2 Å². The molecule has 0 unspecified atom stereocenters. The minimum Gasteiger partial charge on any atom is -0.467 e. The highest BCUT2D eigenvalue weighted by Gasteiger charge is 2.30. The average Bonchev–Trinajstić information content (AvgIpc) is 3.09. The number of halogens is 4. The van der Waals surface area contributed by atoms with Crippen LogP contribution >= 0.6 is 11.6 Å². The van der Waals surface area contributed by atoms with Gasteiger partial charge in [-0.25, -0.2) is 0 Å². The van der Waals surface area contributed by atoms with E-state index in [0.717, 1.165) is 24.3 Å². The van der Waals surface area contributed by atoms with Gasteiger partial charge in [0.25, 0.3) is 0 Å². The summed E-state index contributed by atoms with van der Waals surface area (Å²) >= 11 is 5.91. The Morgan fingerprint density at radius 2 is 2.12 bits per heavy atom. The second-order valence-corrected chi connectivity index (χ2v) is 5.72. The van der Waals surface area contributed by atoms with Gasteiger partial charge in [0.15, 0.2) is 0 Å². The van der Waals surface area contributed by atoms with Gasteiger partial charge in [-0.1, -0.05) is 11.6 Å². The molecule has 0 saturated carbocycles. The fraction of sp³-hybridized carbons (Fsp3) is 0.222. The van der Waals surface area contributed by atoms with Gasteiger partial charge in [0.1, 0.15) is 5.76 Å². The van der Waals surface area contributed by atoms with Gasteiger partial charge in [-0.2, -0.15) is 18.4 Å². The van der Waals surface area contributed by atoms with E-state index in [1.807, 2.05) is 6.07 Å². The third-order valence-corrected chi connectivity index (χ3v) is 3.80. The molecule has 0 saturated heterocycles. The van der Waals surface area contributed by atoms with Crippen LogP contribution in [0.3, 0.4) is 0 Å². The Hall–Kier alpha value is -2.72. The van der Waals surface area contributed by atoms with Crippen LogP contribution in [-0.4, -0.2) is 17.4 Å². The summed E-state index contributed by atoms with van der Waals surface area (Å²) < 4.78 is 43.6. The van der Waals surface area contributed by atoms with E-state index in [0.29, 0.717) is 5.76 Å². The zero-order valence-corrected chi connectivity index (χ0v) is 14.2. The van der Waals surface area contributed by atoms with Crippen molar-refractivity contribution in [2.75, 3.05) is 6.54 Å². The lowest BCUT2D eigenvalue weighted by Gasteiger charge is -2.18. The SMILES string of the molecule is N#CCCN(Cc1ccco1)C(=O)/C=C/c1cc(C(F)(F)F)ccc1Cl. The van der Waals surface area contributed by atoms with E-state index in [4.69, 9.17) is 21.3 Å². The number of nitriles is 1. The first-order chi connectivity index (χ1) is 12.3. The lowest BCUT2D eigenvalue weighted by molar-refractivity contribution is -0.137. The van der Waals surface area contributed by atoms with Crippen molar-refractivity contribution in [3.8, 4) is 6.07 Å². The average molecular weight is 383 g/mol. The van der Waals surface area contributed by atoms with Gasteiger partial charge < -0.3 is 9.32 Å². The van der Waals surface area contributed by atoms with Crippen LogP contribution in [0.25, 0.3) is 6.08 Å². The normalized spacial score (nSPS) is 11.5. The van der Waals surface area contributed by atoms with Gasteiger partial charge in [0.05, 0.1) is 30.9 Å². The van der Waals surface area contributed by atoms with Gasteiger partial charge >= 0.3 is 6.18 Å². The zero-order chi connectivity index (χ0) is 19.2. The van der Waals surface area contributed by atoms with E-state index in [2.05, 4.69) is 0 Å². The van der Waals surface area contributed by atoms with Crippen molar-refractivity contribution in [3.63, 3.8) is 0 Å². The summed E-state index contributed by atoms with van der Waals surface area (Å²) in [5.41, 5.74) is -0.779. The van der Waals surface area contributed by atoms with Crippen molar-refractivity contribution in [3.05, 3.63) is 64.6 Å². The van der Waals surface area contributed by atoms with Crippen LogP contribution in [0.2, 0.25) is 5.02 Å². The maximum Gasteiger partial charge on any atom is 0.416 e. The Morgan fingerprint density at radius 3 is 2.73 bits per heavy atom. The first kappa shape index (κ1) is 19.6. The van der Waals surface area contributed by atoms with E-state index in [1.54, 1.807) is 12.1 Å². The number of alkyl halides is 3. The molecule has 0 N–H and O–H groups in total. The molecule has 0 aliphatic rings. The predicted octanol–water partition coefficient (Wildman–Crippen LogP) is 4.91. The van der Waals surface area contributed by atoms with Gasteiger partial charge in [-0.05, 0) is 42.0 Å². The third kappa shape index (κ3) is 5.39. The summed E-state index contributed by atoms with van der Waals surface area (Å²) in [5.74, 6) is 0.0620. The van der Waals surface area contributed by atoms with E-state index in [-0.39, 0.29) is 30.1 Å². The number of carbonyl (C=O) groups excluding carboxylic acids is 1. The van der Waals surface area contributed by atoms with Crippen LogP contribution in [0.5, 0.6) is 0 Å². The number of hydrogen-bond donors (Lipinski definition) is 0. The zero-order valence-electron chi connectivity index (χ0n) is 13.5. The Kier molecular flexibility index (Phi) is 6.47. The van der Waals surface area contributed by atoms with E-state index in [1.165, 1.54) is 17.2 Å². The number of furan rings is 1. The van der Waals surface area contributed by atoms with Crippen molar-refractivity contribution in [1.82, 2.24) is 4.90 Å². The van der Waals surface area contributed by atoms with Gasteiger partial charge in [-0.3, -0.25) is 4.79 Å². The van der Waals surface area contributed by atoms with Crippen LogP contribution in [0.15, 0.2) is 47.1 Å². The van der Waals surface area contributed by atoms with Gasteiger partial charge in [0, 0.05) is 17.6 Å². The molecule has 136 valence electrons. The lowest BCUT2D eigenvalue weighted by Crippen LogP contribution is -2.29. The molecule has 0 fully saturated rings. The Morgan fingerprint density at radius 1 is 1.35 bits per heavy atom. The summed E-state index contributed by atoms with van der Waals surface area (Å²) in [5, 5.41) is 8.81. The number of rotatable bonds is 6. The number of amides is 1. The van der Waals surface area contributed by atoms with Gasteiger partial charge in [-0.15, -0.1) is 0 Å². The molecule has 1 aromatic heterocycles. The molecule has 2 rings (SSSR count). The number of carbonyl (C=O) groups is 1. The summed E-state index contributed by atoms with van der Waals surface area (Å²) in [7, 11) is 0. The minimum atomic E-state index is -4.50. The molecular formula is C18H14ClF3N2O2. The largest absolute Gasteiger partial charge is 0.467 e. The molecule has 0 radical (unpaired) electrons. The van der Waals surface area contributed by atoms with Crippen LogP contribution in [0.1, 0.15) is 23.3 Å². The molecular weight excluding hydrogens is 369 g/mol. The van der Waals surface area contributed by atoms with Gasteiger partial charge in [0.2, 0.25) is 5.91 Å². The molecule has 26 heavy (non-hydrogen) atoms. The maximum atomic E-state index is 12.8. The fourth-order valence-electron chi connectivity index (χ4n) is 2.16. The highest BCUT2D eigenvalue weighted by Crippen LogP contribution is 2.32. The molecule has 0 spiro atoms. The standard InChI is InChI=1S/C18H14ClF3N2O2/c19-16-6-5-14(18(20,21)22)11-13(16)4-7-17(25)24(9-2-8-23)12-15-3-1-10-26-15/h1,3-7,10-11H,2,9,12H2/b7-4+. The highest BCUT2D eigenvalue weighted by molar-refractivity contribution is 6.32. The topological polar surface area (TPSA) is 57.2 Å². The molecule has 0 atom stereocenters. The van der Waals surface area contributed by atoms with Crippen LogP contribution in [0, 0.1) is 11.3 Å². The Bertz CT molecular complexity index is 824. The molecule has 0 aliphatic carbocycles. The first-order valence-electron chi connectivity index (χ1n) is 7.54. The second-order valence-electron chi connectivity index (χ2n) is 5.31. The molecule has 1 heterocycles. The molecule has 4 nitrogen and oxygen atoms in total. The predicted molar refractivity (Wildman–Crippen MR) is 89.8 cm³/mol. The molecule has 0 bridgehead atoms. The summed E-state index contributed by atoms with van der Waals surface area (Å²) in [6.45, 7) is 0.310. The molecule has 2 aromatic rings. The quantitative estimate of drug-likeness (QED) is 0.667. The first-order valence-corrected chi connectivity index (χ1v) is 7.92. The monoisotopic (exact) mass is 382 g/mol. The molecule has 8 heteroatoms. The van der Waals surface area contributed by atoms with Crippen molar-refractivity contribution in [1.29, 1.82) is 5.26 Å². The van der Waals surface area contributed by atoms with Crippen molar-refractivity contribution >= 4 is 23.6 Å². The highest BCUT2D eigenvalue weighted by atomic mass is 35.5. The van der Waals surface area contributed by atoms with E-state index in [9.17, 15) is 18.0 Å². The Balaban J connectivity index is 2.18. The van der Waals surface area contributed by atoms with Crippen LogP contribution in [-0.2, 0) is 17.5 Å². The fourth-order valence-corrected chi connectivity index (χ4v) is 2.34. The maximum absolute atomic E-state index is 12.8. The third-order valence-electron chi connectivity index (χ3n) is 3.46. The lowest BCUT2D eigenvalue weighted by atomic mass is 10.1. The minimum absolute atomic E-state index is 0.0769. The van der Waals surface area contributed by atoms with Crippen molar-refractivity contribution < 1.29 is 22.4 Å². The number of nitrogens with zero attached hydrogens (tertiary/aromatic N) is 2. The number of hydrogen-bond acceptors (Lipinski definition) is 3. The summed E-state index contributed by atoms with van der Waals surface area (Å²) in [6.07, 6.45) is -0.580. The van der Waals surface area contributed by atoms with Crippen molar-refractivity contribution in [2.45, 2.75) is 19.1 Å². The van der Waals surface area contributed by atoms with Crippen LogP contribution < -0.4 is 0 Å².